The standard InChI is InChI=1S/C27H35N3/c1-5-29(6-2)25-18-14-22(15-19-25)27(28-24-12-10-9-11-13-24)23-16-20-26(21-17-23)30(7-3)8-4/h9-21,27-28H,5-8H2,1-4H3. The van der Waals surface area contributed by atoms with Gasteiger partial charge in [-0.15, -0.1) is 0 Å². The van der Waals surface area contributed by atoms with Crippen LogP contribution in [0.25, 0.3) is 0 Å². The lowest BCUT2D eigenvalue weighted by Gasteiger charge is -2.25. The van der Waals surface area contributed by atoms with Crippen LogP contribution in [0.2, 0.25) is 0 Å². The molecule has 3 rings (SSSR count). The van der Waals surface area contributed by atoms with E-state index in [1.54, 1.807) is 0 Å². The van der Waals surface area contributed by atoms with Crippen LogP contribution in [0.3, 0.4) is 0 Å². The molecule has 0 saturated carbocycles. The minimum atomic E-state index is 0.101. The van der Waals surface area contributed by atoms with Crippen LogP contribution >= 0.6 is 0 Å². The SMILES string of the molecule is CCN(CC)c1ccc(C(Nc2ccccc2)c2ccc(N(CC)CC)cc2)cc1. The summed E-state index contributed by atoms with van der Waals surface area (Å²) in [6.45, 7) is 12.9. The van der Waals surface area contributed by atoms with Crippen molar-refractivity contribution in [2.24, 2.45) is 0 Å². The van der Waals surface area contributed by atoms with Gasteiger partial charge >= 0.3 is 0 Å². The molecule has 3 aromatic carbocycles. The molecule has 0 aliphatic heterocycles. The fraction of sp³-hybridized carbons (Fsp3) is 0.333. The molecular formula is C27H35N3. The first-order chi connectivity index (χ1) is 14.7. The second-order valence-corrected chi connectivity index (χ2v) is 7.47. The Hall–Kier alpha value is -2.94. The highest BCUT2D eigenvalue weighted by molar-refractivity contribution is 5.55. The fourth-order valence-corrected chi connectivity index (χ4v) is 3.99. The topological polar surface area (TPSA) is 18.5 Å². The smallest absolute Gasteiger partial charge is 0.0767 e. The van der Waals surface area contributed by atoms with Crippen LogP contribution in [-0.2, 0) is 0 Å². The Morgan fingerprint density at radius 1 is 0.567 bits per heavy atom. The van der Waals surface area contributed by atoms with Gasteiger partial charge in [0.1, 0.15) is 0 Å². The van der Waals surface area contributed by atoms with Gasteiger partial charge in [0.05, 0.1) is 6.04 Å². The minimum absolute atomic E-state index is 0.101. The van der Waals surface area contributed by atoms with Crippen LogP contribution in [0, 0.1) is 0 Å². The molecule has 0 bridgehead atoms. The molecule has 0 atom stereocenters. The van der Waals surface area contributed by atoms with E-state index < -0.39 is 0 Å². The van der Waals surface area contributed by atoms with Crippen molar-refractivity contribution in [3.05, 3.63) is 90.0 Å². The number of rotatable bonds is 10. The molecular weight excluding hydrogens is 366 g/mol. The predicted octanol–water partition coefficient (Wildman–Crippen LogP) is 6.58. The van der Waals surface area contributed by atoms with Gasteiger partial charge < -0.3 is 15.1 Å². The van der Waals surface area contributed by atoms with Gasteiger partial charge in [-0.2, -0.15) is 0 Å². The highest BCUT2D eigenvalue weighted by Crippen LogP contribution is 2.30. The lowest BCUT2D eigenvalue weighted by Crippen LogP contribution is -2.22. The maximum absolute atomic E-state index is 3.74. The zero-order valence-electron chi connectivity index (χ0n) is 18.8. The van der Waals surface area contributed by atoms with Crippen LogP contribution in [0.5, 0.6) is 0 Å². The van der Waals surface area contributed by atoms with Crippen molar-refractivity contribution >= 4 is 17.1 Å². The van der Waals surface area contributed by atoms with Crippen molar-refractivity contribution < 1.29 is 0 Å². The summed E-state index contributed by atoms with van der Waals surface area (Å²) < 4.78 is 0. The first kappa shape index (κ1) is 21.8. The molecule has 0 fully saturated rings. The Morgan fingerprint density at radius 3 is 1.33 bits per heavy atom. The summed E-state index contributed by atoms with van der Waals surface area (Å²) in [5.74, 6) is 0. The summed E-state index contributed by atoms with van der Waals surface area (Å²) in [6, 6.07) is 28.6. The van der Waals surface area contributed by atoms with Gasteiger partial charge in [0.15, 0.2) is 0 Å². The molecule has 0 aliphatic rings. The van der Waals surface area contributed by atoms with Crippen molar-refractivity contribution in [2.45, 2.75) is 33.7 Å². The Balaban J connectivity index is 1.93. The molecule has 158 valence electrons. The van der Waals surface area contributed by atoms with Gasteiger partial charge in [-0.1, -0.05) is 42.5 Å². The number of para-hydroxylation sites is 1. The summed E-state index contributed by atoms with van der Waals surface area (Å²) >= 11 is 0. The van der Waals surface area contributed by atoms with E-state index in [9.17, 15) is 0 Å². The molecule has 0 heterocycles. The Morgan fingerprint density at radius 2 is 0.967 bits per heavy atom. The van der Waals surface area contributed by atoms with Crippen LogP contribution in [0.4, 0.5) is 17.1 Å². The van der Waals surface area contributed by atoms with Crippen molar-refractivity contribution in [3.63, 3.8) is 0 Å². The summed E-state index contributed by atoms with van der Waals surface area (Å²) in [5, 5.41) is 3.74. The van der Waals surface area contributed by atoms with Gasteiger partial charge in [-0.05, 0) is 75.2 Å². The van der Waals surface area contributed by atoms with Gasteiger partial charge in [0, 0.05) is 43.2 Å². The van der Waals surface area contributed by atoms with E-state index in [4.69, 9.17) is 0 Å². The van der Waals surface area contributed by atoms with E-state index in [0.29, 0.717) is 0 Å². The van der Waals surface area contributed by atoms with Crippen molar-refractivity contribution in [3.8, 4) is 0 Å². The lowest BCUT2D eigenvalue weighted by molar-refractivity contribution is 0.861. The molecule has 1 N–H and O–H groups in total. The van der Waals surface area contributed by atoms with Crippen molar-refractivity contribution in [1.29, 1.82) is 0 Å². The third-order valence-electron chi connectivity index (χ3n) is 5.79. The molecule has 0 saturated heterocycles. The van der Waals surface area contributed by atoms with E-state index in [2.05, 4.69) is 122 Å². The molecule has 3 nitrogen and oxygen atoms in total. The third kappa shape index (κ3) is 5.15. The number of anilines is 3. The van der Waals surface area contributed by atoms with Gasteiger partial charge in [0.2, 0.25) is 0 Å². The normalized spacial score (nSPS) is 10.8. The third-order valence-corrected chi connectivity index (χ3v) is 5.79. The largest absolute Gasteiger partial charge is 0.374 e. The Kier molecular flexibility index (Phi) is 7.78. The van der Waals surface area contributed by atoms with Gasteiger partial charge in [0.25, 0.3) is 0 Å². The predicted molar refractivity (Wildman–Crippen MR) is 132 cm³/mol. The van der Waals surface area contributed by atoms with E-state index in [1.165, 1.54) is 22.5 Å². The lowest BCUT2D eigenvalue weighted by atomic mass is 9.97. The molecule has 30 heavy (non-hydrogen) atoms. The first-order valence-electron chi connectivity index (χ1n) is 11.2. The molecule has 0 aliphatic carbocycles. The average Bonchev–Trinajstić information content (AvgIpc) is 2.81. The highest BCUT2D eigenvalue weighted by atomic mass is 15.1. The monoisotopic (exact) mass is 401 g/mol. The second kappa shape index (κ2) is 10.7. The number of benzene rings is 3. The summed E-state index contributed by atoms with van der Waals surface area (Å²) in [4.78, 5) is 4.75. The molecule has 3 aromatic rings. The maximum Gasteiger partial charge on any atom is 0.0767 e. The van der Waals surface area contributed by atoms with Crippen LogP contribution in [0.1, 0.15) is 44.9 Å². The molecule has 0 radical (unpaired) electrons. The fourth-order valence-electron chi connectivity index (χ4n) is 3.99. The maximum atomic E-state index is 3.74. The van der Waals surface area contributed by atoms with E-state index in [1.807, 2.05) is 0 Å². The Bertz CT molecular complexity index is 809. The number of nitrogens with one attached hydrogen (secondary N) is 1. The van der Waals surface area contributed by atoms with E-state index in [-0.39, 0.29) is 6.04 Å². The summed E-state index contributed by atoms with van der Waals surface area (Å²) in [7, 11) is 0. The van der Waals surface area contributed by atoms with Crippen molar-refractivity contribution in [1.82, 2.24) is 0 Å². The number of hydrogen-bond acceptors (Lipinski definition) is 3. The highest BCUT2D eigenvalue weighted by Gasteiger charge is 2.15. The second-order valence-electron chi connectivity index (χ2n) is 7.47. The molecule has 0 spiro atoms. The van der Waals surface area contributed by atoms with Crippen LogP contribution in [-0.4, -0.2) is 26.2 Å². The summed E-state index contributed by atoms with van der Waals surface area (Å²) in [6.07, 6.45) is 0. The molecule has 3 heteroatoms. The number of nitrogens with zero attached hydrogens (tertiary/aromatic N) is 2. The average molecular weight is 402 g/mol. The zero-order valence-corrected chi connectivity index (χ0v) is 18.8. The first-order valence-corrected chi connectivity index (χ1v) is 11.2. The zero-order chi connectivity index (χ0) is 21.3. The van der Waals surface area contributed by atoms with Gasteiger partial charge in [-0.25, -0.2) is 0 Å². The molecule has 0 amide bonds. The van der Waals surface area contributed by atoms with Gasteiger partial charge in [-0.3, -0.25) is 0 Å². The molecule has 0 aromatic heterocycles. The van der Waals surface area contributed by atoms with Crippen LogP contribution < -0.4 is 15.1 Å². The van der Waals surface area contributed by atoms with Crippen molar-refractivity contribution in [2.75, 3.05) is 41.3 Å². The number of hydrogen-bond donors (Lipinski definition) is 1. The van der Waals surface area contributed by atoms with E-state index >= 15 is 0 Å². The minimum Gasteiger partial charge on any atom is -0.374 e. The van der Waals surface area contributed by atoms with Crippen LogP contribution in [0.15, 0.2) is 78.9 Å². The summed E-state index contributed by atoms with van der Waals surface area (Å²) in [5.41, 5.74) is 6.22. The molecule has 0 unspecified atom stereocenters. The Labute approximate surface area is 182 Å². The quantitative estimate of drug-likeness (QED) is 0.414. The van der Waals surface area contributed by atoms with E-state index in [0.717, 1.165) is 31.9 Å².